The van der Waals surface area contributed by atoms with E-state index in [0.717, 1.165) is 17.0 Å². The average Bonchev–Trinajstić information content (AvgIpc) is 2.81. The van der Waals surface area contributed by atoms with Crippen molar-refractivity contribution in [2.45, 2.75) is 13.0 Å². The first-order chi connectivity index (χ1) is 12.9. The van der Waals surface area contributed by atoms with E-state index in [0.29, 0.717) is 17.9 Å². The second-order valence-electron chi connectivity index (χ2n) is 5.98. The molecule has 1 atom stereocenters. The van der Waals surface area contributed by atoms with Crippen LogP contribution in [0.2, 0.25) is 0 Å². The summed E-state index contributed by atoms with van der Waals surface area (Å²) in [7, 11) is 1.92. The van der Waals surface area contributed by atoms with Crippen LogP contribution in [0.15, 0.2) is 42.1 Å². The molecule has 1 saturated heterocycles. The smallest absolute Gasteiger partial charge is 0.336 e. The lowest BCUT2D eigenvalue weighted by molar-refractivity contribution is -0.142. The third kappa shape index (κ3) is 5.90. The van der Waals surface area contributed by atoms with Crippen LogP contribution in [0.3, 0.4) is 0 Å². The summed E-state index contributed by atoms with van der Waals surface area (Å²) in [5, 5.41) is 0. The van der Waals surface area contributed by atoms with E-state index in [4.69, 9.17) is 16.0 Å². The molecule has 6 nitrogen and oxygen atoms in total. The monoisotopic (exact) mass is 386 g/mol. The van der Waals surface area contributed by atoms with Crippen LogP contribution >= 0.6 is 11.8 Å². The number of carbonyl (C=O) groups excluding carboxylic acids is 2. The molecule has 1 aromatic carbocycles. The van der Waals surface area contributed by atoms with Crippen molar-refractivity contribution >= 4 is 35.5 Å². The molecule has 0 radical (unpaired) electrons. The van der Waals surface area contributed by atoms with Crippen LogP contribution in [0.4, 0.5) is 5.69 Å². The highest BCUT2D eigenvalue weighted by Crippen LogP contribution is 2.21. The molecule has 1 fully saturated rings. The van der Waals surface area contributed by atoms with Gasteiger partial charge in [0.05, 0.1) is 19.7 Å². The van der Waals surface area contributed by atoms with Gasteiger partial charge in [0.2, 0.25) is 0 Å². The lowest BCUT2D eigenvalue weighted by Gasteiger charge is -2.24. The van der Waals surface area contributed by atoms with E-state index in [1.807, 2.05) is 36.2 Å². The largest absolute Gasteiger partial charge is 0.471 e. The second-order valence-corrected chi connectivity index (χ2v) is 7.01. The summed E-state index contributed by atoms with van der Waals surface area (Å²) in [4.78, 5) is 28.7. The molecule has 7 heteroatoms. The van der Waals surface area contributed by atoms with Gasteiger partial charge in [-0.1, -0.05) is 18.7 Å². The third-order valence-electron chi connectivity index (χ3n) is 3.86. The molecule has 1 aliphatic heterocycles. The first-order valence-corrected chi connectivity index (χ1v) is 9.64. The highest BCUT2D eigenvalue weighted by atomic mass is 32.2. The fourth-order valence-electron chi connectivity index (χ4n) is 2.47. The number of rotatable bonds is 6. The van der Waals surface area contributed by atoms with Crippen LogP contribution in [0.1, 0.15) is 12.5 Å². The van der Waals surface area contributed by atoms with Crippen LogP contribution in [-0.4, -0.2) is 49.7 Å². The van der Waals surface area contributed by atoms with E-state index in [2.05, 4.69) is 11.4 Å². The number of carbonyl (C=O) groups is 2. The summed E-state index contributed by atoms with van der Waals surface area (Å²) < 4.78 is 10.3. The molecule has 1 heterocycles. The zero-order valence-corrected chi connectivity index (χ0v) is 16.3. The maximum Gasteiger partial charge on any atom is 0.336 e. The van der Waals surface area contributed by atoms with Gasteiger partial charge in [-0.2, -0.15) is 11.8 Å². The number of benzene rings is 1. The Labute approximate surface area is 163 Å². The number of nitrogens with zero attached hydrogens (tertiary/aromatic N) is 2. The number of anilines is 1. The number of thioether (sulfide) groups is 1. The zero-order chi connectivity index (χ0) is 19.8. The van der Waals surface area contributed by atoms with Crippen molar-refractivity contribution in [1.82, 2.24) is 0 Å². The first kappa shape index (κ1) is 20.6. The number of ether oxygens (including phenoxy) is 2. The molecule has 27 heavy (non-hydrogen) atoms. The Balaban J connectivity index is 2.03. The maximum atomic E-state index is 11.8. The first-order valence-electron chi connectivity index (χ1n) is 8.48. The van der Waals surface area contributed by atoms with Gasteiger partial charge in [-0.25, -0.2) is 9.64 Å². The molecule has 1 aromatic rings. The minimum atomic E-state index is -0.622. The van der Waals surface area contributed by atoms with Crippen molar-refractivity contribution in [3.05, 3.63) is 59.1 Å². The van der Waals surface area contributed by atoms with Crippen molar-refractivity contribution in [2.24, 2.45) is 0 Å². The summed E-state index contributed by atoms with van der Waals surface area (Å²) in [6, 6.07) is 7.43. The molecule has 142 valence electrons. The van der Waals surface area contributed by atoms with Crippen LogP contribution in [0, 0.1) is 6.57 Å². The van der Waals surface area contributed by atoms with Crippen LogP contribution in [0.5, 0.6) is 0 Å². The molecule has 0 N–H and O–H groups in total. The minimum absolute atomic E-state index is 0.0550. The molecular weight excluding hydrogens is 364 g/mol. The molecule has 0 amide bonds. The molecule has 0 bridgehead atoms. The molecule has 1 aliphatic rings. The Morgan fingerprint density at radius 3 is 2.81 bits per heavy atom. The van der Waals surface area contributed by atoms with E-state index >= 15 is 0 Å². The SMILES string of the molecule is [C-]#[N+]/C(=C\c1ccc(N(C)CC2CSCC(=C)C(=O)O2)cc1)C(=O)OCC. The van der Waals surface area contributed by atoms with Gasteiger partial charge < -0.3 is 14.4 Å². The van der Waals surface area contributed by atoms with Gasteiger partial charge in [0.25, 0.3) is 5.70 Å². The molecular formula is C20H22N2O4S. The Bertz CT molecular complexity index is 780. The van der Waals surface area contributed by atoms with Gasteiger partial charge in [-0.05, 0) is 30.7 Å². The van der Waals surface area contributed by atoms with Gasteiger partial charge in [0.1, 0.15) is 6.10 Å². The van der Waals surface area contributed by atoms with Gasteiger partial charge in [0.15, 0.2) is 0 Å². The molecule has 0 spiro atoms. The minimum Gasteiger partial charge on any atom is -0.471 e. The quantitative estimate of drug-likeness (QED) is 0.425. The topological polar surface area (TPSA) is 60.2 Å². The summed E-state index contributed by atoms with van der Waals surface area (Å²) in [6.45, 7) is 13.3. The lowest BCUT2D eigenvalue weighted by Crippen LogP contribution is -2.33. The number of cyclic esters (lactones) is 1. The van der Waals surface area contributed by atoms with Gasteiger partial charge >= 0.3 is 11.9 Å². The Hall–Kier alpha value is -2.72. The predicted molar refractivity (Wildman–Crippen MR) is 107 cm³/mol. The zero-order valence-electron chi connectivity index (χ0n) is 15.4. The Morgan fingerprint density at radius 2 is 2.19 bits per heavy atom. The standard InChI is InChI=1S/C20H22N2O4S/c1-5-25-20(24)18(21-3)10-15-6-8-16(9-7-15)22(4)11-17-13-27-12-14(2)19(23)26-17/h6-10,17H,2,5,11-13H2,1,4H3/b18-10-. The molecule has 0 saturated carbocycles. The molecule has 2 rings (SSSR count). The van der Waals surface area contributed by atoms with Crippen molar-refractivity contribution in [3.8, 4) is 0 Å². The molecule has 0 aromatic heterocycles. The number of hydrogen-bond acceptors (Lipinski definition) is 6. The van der Waals surface area contributed by atoms with E-state index in [9.17, 15) is 9.59 Å². The van der Waals surface area contributed by atoms with Crippen molar-refractivity contribution in [3.63, 3.8) is 0 Å². The van der Waals surface area contributed by atoms with Crippen LogP contribution < -0.4 is 4.90 Å². The van der Waals surface area contributed by atoms with Crippen molar-refractivity contribution in [1.29, 1.82) is 0 Å². The highest BCUT2D eigenvalue weighted by Gasteiger charge is 2.23. The summed E-state index contributed by atoms with van der Waals surface area (Å²) in [6.07, 6.45) is 1.30. The lowest BCUT2D eigenvalue weighted by atomic mass is 10.1. The van der Waals surface area contributed by atoms with Crippen LogP contribution in [0.25, 0.3) is 10.9 Å². The van der Waals surface area contributed by atoms with Gasteiger partial charge in [-0.3, -0.25) is 4.79 Å². The van der Waals surface area contributed by atoms with E-state index < -0.39 is 5.97 Å². The summed E-state index contributed by atoms with van der Waals surface area (Å²) in [5.74, 6) is 0.376. The van der Waals surface area contributed by atoms with Crippen molar-refractivity contribution in [2.75, 3.05) is 36.6 Å². The normalized spacial score (nSPS) is 17.5. The van der Waals surface area contributed by atoms with E-state index in [1.54, 1.807) is 18.7 Å². The molecule has 1 unspecified atom stereocenters. The number of likely N-dealkylation sites (N-methyl/N-ethyl adjacent to an activating group) is 1. The Morgan fingerprint density at radius 1 is 1.48 bits per heavy atom. The summed E-state index contributed by atoms with van der Waals surface area (Å²) >= 11 is 1.64. The second kappa shape index (κ2) is 9.83. The van der Waals surface area contributed by atoms with Gasteiger partial charge in [0, 0.05) is 29.8 Å². The Kier molecular flexibility index (Phi) is 7.50. The highest BCUT2D eigenvalue weighted by molar-refractivity contribution is 7.99. The van der Waals surface area contributed by atoms with E-state index in [-0.39, 0.29) is 24.4 Å². The van der Waals surface area contributed by atoms with Gasteiger partial charge in [-0.15, -0.1) is 0 Å². The maximum absolute atomic E-state index is 11.8. The van der Waals surface area contributed by atoms with Crippen LogP contribution in [-0.2, 0) is 19.1 Å². The van der Waals surface area contributed by atoms with E-state index in [1.165, 1.54) is 6.08 Å². The fraction of sp³-hybridized carbons (Fsp3) is 0.350. The number of esters is 2. The average molecular weight is 386 g/mol. The molecule has 0 aliphatic carbocycles. The predicted octanol–water partition coefficient (Wildman–Crippen LogP) is 3.16. The summed E-state index contributed by atoms with van der Waals surface area (Å²) in [5.41, 5.74) is 2.12. The fourth-order valence-corrected chi connectivity index (χ4v) is 3.39. The van der Waals surface area contributed by atoms with Crippen molar-refractivity contribution < 1.29 is 19.1 Å². The number of hydrogen-bond donors (Lipinski definition) is 0. The third-order valence-corrected chi connectivity index (χ3v) is 5.02.